The summed E-state index contributed by atoms with van der Waals surface area (Å²) in [5, 5.41) is 3.66. The van der Waals surface area contributed by atoms with Crippen molar-refractivity contribution in [3.05, 3.63) is 51.2 Å². The van der Waals surface area contributed by atoms with E-state index in [4.69, 9.17) is 11.6 Å². The molecule has 0 radical (unpaired) electrons. The number of thioether (sulfide) groups is 1. The number of halogens is 1. The number of rotatable bonds is 2. The SMILES string of the molecule is Cc1ccc(C2SCCN2C(=O)Nc2cccc(Cl)c2)s1. The molecule has 1 aromatic carbocycles. The van der Waals surface area contributed by atoms with Crippen molar-refractivity contribution < 1.29 is 4.79 Å². The highest BCUT2D eigenvalue weighted by atomic mass is 35.5. The van der Waals surface area contributed by atoms with E-state index in [-0.39, 0.29) is 11.4 Å². The molecule has 1 atom stereocenters. The van der Waals surface area contributed by atoms with Crippen molar-refractivity contribution in [1.29, 1.82) is 0 Å². The summed E-state index contributed by atoms with van der Waals surface area (Å²) < 4.78 is 0. The third-order valence-corrected chi connectivity index (χ3v) is 5.91. The predicted molar refractivity (Wildman–Crippen MR) is 91.4 cm³/mol. The summed E-state index contributed by atoms with van der Waals surface area (Å²) in [6.07, 6.45) is 0. The third-order valence-electron chi connectivity index (χ3n) is 3.23. The van der Waals surface area contributed by atoms with E-state index in [1.54, 1.807) is 23.5 Å². The lowest BCUT2D eigenvalue weighted by atomic mass is 10.3. The van der Waals surface area contributed by atoms with Gasteiger partial charge in [0, 0.05) is 32.8 Å². The summed E-state index contributed by atoms with van der Waals surface area (Å²) >= 11 is 9.51. The van der Waals surface area contributed by atoms with Crippen LogP contribution in [0.3, 0.4) is 0 Å². The number of amides is 2. The molecule has 1 aliphatic heterocycles. The van der Waals surface area contributed by atoms with E-state index in [1.807, 2.05) is 28.8 Å². The number of hydrogen-bond donors (Lipinski definition) is 1. The molecule has 0 bridgehead atoms. The van der Waals surface area contributed by atoms with Gasteiger partial charge in [0.1, 0.15) is 5.37 Å². The number of hydrogen-bond acceptors (Lipinski definition) is 3. The molecule has 2 heterocycles. The van der Waals surface area contributed by atoms with Crippen molar-refractivity contribution in [2.75, 3.05) is 17.6 Å². The van der Waals surface area contributed by atoms with E-state index < -0.39 is 0 Å². The Morgan fingerprint density at radius 2 is 2.24 bits per heavy atom. The van der Waals surface area contributed by atoms with Crippen LogP contribution in [0.25, 0.3) is 0 Å². The van der Waals surface area contributed by atoms with Crippen LogP contribution in [0.5, 0.6) is 0 Å². The summed E-state index contributed by atoms with van der Waals surface area (Å²) in [6, 6.07) is 11.4. The minimum atomic E-state index is -0.0710. The van der Waals surface area contributed by atoms with E-state index in [0.717, 1.165) is 18.0 Å². The zero-order valence-electron chi connectivity index (χ0n) is 11.5. The monoisotopic (exact) mass is 338 g/mol. The Hall–Kier alpha value is -1.17. The first kappa shape index (κ1) is 14.8. The predicted octanol–water partition coefficient (Wildman–Crippen LogP) is 4.99. The highest BCUT2D eigenvalue weighted by Crippen LogP contribution is 2.41. The average molecular weight is 339 g/mol. The molecule has 1 aliphatic rings. The van der Waals surface area contributed by atoms with Gasteiger partial charge >= 0.3 is 6.03 Å². The topological polar surface area (TPSA) is 32.3 Å². The van der Waals surface area contributed by atoms with Crippen molar-refractivity contribution in [1.82, 2.24) is 4.90 Å². The lowest BCUT2D eigenvalue weighted by Gasteiger charge is -2.23. The zero-order valence-corrected chi connectivity index (χ0v) is 13.9. The lowest BCUT2D eigenvalue weighted by molar-refractivity contribution is 0.215. The first-order chi connectivity index (χ1) is 10.1. The van der Waals surface area contributed by atoms with Crippen LogP contribution in [-0.4, -0.2) is 23.2 Å². The third kappa shape index (κ3) is 3.36. The number of nitrogens with zero attached hydrogens (tertiary/aromatic N) is 1. The molecule has 1 unspecified atom stereocenters. The van der Waals surface area contributed by atoms with Crippen LogP contribution in [0.15, 0.2) is 36.4 Å². The van der Waals surface area contributed by atoms with Crippen molar-refractivity contribution in [2.24, 2.45) is 0 Å². The highest BCUT2D eigenvalue weighted by Gasteiger charge is 2.31. The van der Waals surface area contributed by atoms with Gasteiger partial charge in [-0.1, -0.05) is 17.7 Å². The molecular weight excluding hydrogens is 324 g/mol. The van der Waals surface area contributed by atoms with Crippen molar-refractivity contribution in [3.63, 3.8) is 0 Å². The van der Waals surface area contributed by atoms with Crippen LogP contribution in [-0.2, 0) is 0 Å². The van der Waals surface area contributed by atoms with Gasteiger partial charge in [0.2, 0.25) is 0 Å². The number of thiophene rings is 1. The smallest absolute Gasteiger partial charge is 0.308 e. The normalized spacial score (nSPS) is 18.0. The van der Waals surface area contributed by atoms with E-state index in [9.17, 15) is 4.79 Å². The van der Waals surface area contributed by atoms with Crippen LogP contribution in [0.2, 0.25) is 5.02 Å². The second-order valence-corrected chi connectivity index (χ2v) is 7.75. The van der Waals surface area contributed by atoms with Crippen LogP contribution in [0, 0.1) is 6.92 Å². The fourth-order valence-electron chi connectivity index (χ4n) is 2.26. The molecule has 3 rings (SSSR count). The minimum absolute atomic E-state index is 0.0710. The Morgan fingerprint density at radius 3 is 2.95 bits per heavy atom. The second-order valence-electron chi connectivity index (χ2n) is 4.81. The molecule has 21 heavy (non-hydrogen) atoms. The number of nitrogens with one attached hydrogen (secondary N) is 1. The van der Waals surface area contributed by atoms with Gasteiger partial charge in [-0.25, -0.2) is 4.79 Å². The zero-order chi connectivity index (χ0) is 14.8. The summed E-state index contributed by atoms with van der Waals surface area (Å²) in [6.45, 7) is 2.85. The summed E-state index contributed by atoms with van der Waals surface area (Å²) in [5.74, 6) is 0.963. The molecule has 1 N–H and O–H groups in total. The van der Waals surface area contributed by atoms with Crippen molar-refractivity contribution >= 4 is 46.4 Å². The largest absolute Gasteiger partial charge is 0.323 e. The summed E-state index contributed by atoms with van der Waals surface area (Å²) in [4.78, 5) is 16.9. The molecule has 0 spiro atoms. The Kier molecular flexibility index (Phi) is 4.42. The average Bonchev–Trinajstić information content (AvgIpc) is 3.06. The molecule has 2 amide bonds. The first-order valence-electron chi connectivity index (χ1n) is 6.64. The fraction of sp³-hybridized carbons (Fsp3) is 0.267. The van der Waals surface area contributed by atoms with Gasteiger partial charge in [-0.2, -0.15) is 0 Å². The van der Waals surface area contributed by atoms with Gasteiger partial charge in [0.05, 0.1) is 0 Å². The quantitative estimate of drug-likeness (QED) is 0.836. The number of carbonyl (C=O) groups excluding carboxylic acids is 1. The number of urea groups is 1. The van der Waals surface area contributed by atoms with Gasteiger partial charge in [0.25, 0.3) is 0 Å². The van der Waals surface area contributed by atoms with Crippen molar-refractivity contribution in [2.45, 2.75) is 12.3 Å². The maximum Gasteiger partial charge on any atom is 0.323 e. The Bertz CT molecular complexity index is 659. The molecular formula is C15H15ClN2OS2. The van der Waals surface area contributed by atoms with Crippen LogP contribution < -0.4 is 5.32 Å². The molecule has 1 aromatic heterocycles. The molecule has 0 aliphatic carbocycles. The molecule has 3 nitrogen and oxygen atoms in total. The summed E-state index contributed by atoms with van der Waals surface area (Å²) in [5.41, 5.74) is 0.727. The standard InChI is InChI=1S/C15H15ClN2OS2/c1-10-5-6-13(21-10)14-18(7-8-20-14)15(19)17-12-4-2-3-11(16)9-12/h2-6,9,14H,7-8H2,1H3,(H,17,19). The number of carbonyl (C=O) groups is 1. The Labute approximate surface area is 137 Å². The molecule has 1 saturated heterocycles. The Balaban J connectivity index is 1.74. The number of anilines is 1. The first-order valence-corrected chi connectivity index (χ1v) is 8.89. The van der Waals surface area contributed by atoms with E-state index in [2.05, 4.69) is 24.4 Å². The van der Waals surface area contributed by atoms with Crippen LogP contribution in [0.4, 0.5) is 10.5 Å². The number of aryl methyl sites for hydroxylation is 1. The molecule has 2 aromatic rings. The number of benzene rings is 1. The van der Waals surface area contributed by atoms with Gasteiger partial charge in [-0.15, -0.1) is 23.1 Å². The molecule has 6 heteroatoms. The molecule has 110 valence electrons. The van der Waals surface area contributed by atoms with Gasteiger partial charge in [0.15, 0.2) is 0 Å². The minimum Gasteiger partial charge on any atom is -0.308 e. The van der Waals surface area contributed by atoms with Gasteiger partial charge in [-0.05, 0) is 37.3 Å². The van der Waals surface area contributed by atoms with Gasteiger partial charge in [-0.3, -0.25) is 0 Å². The summed E-state index contributed by atoms with van der Waals surface area (Å²) in [7, 11) is 0. The van der Waals surface area contributed by atoms with Gasteiger partial charge < -0.3 is 10.2 Å². The maximum absolute atomic E-state index is 12.5. The van der Waals surface area contributed by atoms with E-state index in [1.165, 1.54) is 9.75 Å². The van der Waals surface area contributed by atoms with E-state index in [0.29, 0.717) is 5.02 Å². The maximum atomic E-state index is 12.5. The lowest BCUT2D eigenvalue weighted by Crippen LogP contribution is -2.34. The van der Waals surface area contributed by atoms with Crippen LogP contribution in [0.1, 0.15) is 15.1 Å². The van der Waals surface area contributed by atoms with E-state index >= 15 is 0 Å². The van der Waals surface area contributed by atoms with Crippen LogP contribution >= 0.6 is 34.7 Å². The van der Waals surface area contributed by atoms with Crippen molar-refractivity contribution in [3.8, 4) is 0 Å². The second kappa shape index (κ2) is 6.30. The fourth-order valence-corrected chi connectivity index (χ4v) is 4.82. The molecule has 1 fully saturated rings. The Morgan fingerprint density at radius 1 is 1.38 bits per heavy atom. The highest BCUT2D eigenvalue weighted by molar-refractivity contribution is 7.99. The molecule has 0 saturated carbocycles.